The Hall–Kier alpha value is -3.78. The number of hydrogen-bond donors (Lipinski definition) is 0. The molecule has 0 aliphatic carbocycles. The van der Waals surface area contributed by atoms with Gasteiger partial charge in [-0.15, -0.1) is 0 Å². The lowest BCUT2D eigenvalue weighted by Gasteiger charge is -2.22. The molecule has 1 aliphatic rings. The summed E-state index contributed by atoms with van der Waals surface area (Å²) in [6.07, 6.45) is 0. The number of hydrogen-bond acceptors (Lipinski definition) is 7. The van der Waals surface area contributed by atoms with Gasteiger partial charge in [-0.2, -0.15) is 4.98 Å². The van der Waals surface area contributed by atoms with Gasteiger partial charge in [0.1, 0.15) is 6.61 Å². The van der Waals surface area contributed by atoms with Crippen LogP contribution in [0.2, 0.25) is 0 Å². The van der Waals surface area contributed by atoms with Crippen LogP contribution in [0.3, 0.4) is 0 Å². The van der Waals surface area contributed by atoms with E-state index in [0.717, 1.165) is 16.0 Å². The molecule has 34 heavy (non-hydrogen) atoms. The van der Waals surface area contributed by atoms with Crippen LogP contribution >= 0.6 is 0 Å². The average molecular weight is 474 g/mol. The minimum Gasteiger partial charge on any atom is -0.472 e. The molecule has 0 spiro atoms. The maximum Gasteiger partial charge on any atom is 0.337 e. The Balaban J connectivity index is 1.56. The molecule has 0 fully saturated rings. The zero-order valence-electron chi connectivity index (χ0n) is 18.6. The van der Waals surface area contributed by atoms with Crippen LogP contribution in [0, 0.1) is 0 Å². The monoisotopic (exact) mass is 473 g/mol. The highest BCUT2D eigenvalue weighted by atomic mass is 32.2. The lowest BCUT2D eigenvalue weighted by molar-refractivity contribution is 0.0601. The first kappa shape index (κ1) is 22.0. The van der Waals surface area contributed by atoms with Gasteiger partial charge in [0.15, 0.2) is 0 Å². The summed E-state index contributed by atoms with van der Waals surface area (Å²) in [4.78, 5) is 24.5. The van der Waals surface area contributed by atoms with E-state index < -0.39 is 16.8 Å². The molecule has 0 radical (unpaired) electrons. The molecule has 7 nitrogen and oxygen atoms in total. The number of nitrogens with zero attached hydrogens (tertiary/aromatic N) is 3. The summed E-state index contributed by atoms with van der Waals surface area (Å²) >= 11 is 0. The number of anilines is 1. The van der Waals surface area contributed by atoms with Gasteiger partial charge in [-0.05, 0) is 35.4 Å². The average Bonchev–Trinajstić information content (AvgIpc) is 3.06. The Bertz CT molecular complexity index is 1380. The van der Waals surface area contributed by atoms with Crippen LogP contribution in [0.15, 0.2) is 77.7 Å². The van der Waals surface area contributed by atoms with Crippen molar-refractivity contribution in [2.45, 2.75) is 18.0 Å². The number of benzene rings is 3. The fourth-order valence-electron chi connectivity index (χ4n) is 3.93. The molecule has 172 valence electrons. The molecule has 1 unspecified atom stereocenters. The van der Waals surface area contributed by atoms with Crippen LogP contribution in [0.25, 0.3) is 10.9 Å². The van der Waals surface area contributed by atoms with Gasteiger partial charge in [0, 0.05) is 23.7 Å². The van der Waals surface area contributed by atoms with Crippen LogP contribution < -0.4 is 9.64 Å². The van der Waals surface area contributed by atoms with E-state index in [1.54, 1.807) is 18.2 Å². The van der Waals surface area contributed by atoms with Crippen molar-refractivity contribution in [2.75, 3.05) is 24.3 Å². The standard InChI is InChI=1S/C26H23N3O4S/c1-32-25(30)19-11-12-22-21(15-19)24(33-17-18-7-3-2-4-8-18)28-26(27-22)29-13-14-34(31)23-10-6-5-9-20(23)16-29/h2-12,15H,13-14,16-17H2,1H3. The molecule has 2 heterocycles. The molecule has 0 N–H and O–H groups in total. The van der Waals surface area contributed by atoms with Gasteiger partial charge in [0.05, 0.1) is 34.4 Å². The van der Waals surface area contributed by atoms with Crippen molar-refractivity contribution in [3.05, 3.63) is 89.5 Å². The van der Waals surface area contributed by atoms with E-state index in [-0.39, 0.29) is 0 Å². The summed E-state index contributed by atoms with van der Waals surface area (Å²) < 4.78 is 23.7. The van der Waals surface area contributed by atoms with Gasteiger partial charge in [0.2, 0.25) is 11.8 Å². The fraction of sp³-hybridized carbons (Fsp3) is 0.192. The first-order valence-electron chi connectivity index (χ1n) is 10.9. The van der Waals surface area contributed by atoms with Gasteiger partial charge in [0.25, 0.3) is 0 Å². The molecule has 0 saturated heterocycles. The third-order valence-electron chi connectivity index (χ3n) is 5.70. The van der Waals surface area contributed by atoms with Crippen molar-refractivity contribution >= 4 is 33.6 Å². The highest BCUT2D eigenvalue weighted by molar-refractivity contribution is 7.85. The Morgan fingerprint density at radius 1 is 1.03 bits per heavy atom. The van der Waals surface area contributed by atoms with Crippen molar-refractivity contribution in [3.8, 4) is 5.88 Å². The van der Waals surface area contributed by atoms with Crippen molar-refractivity contribution in [3.63, 3.8) is 0 Å². The number of ether oxygens (including phenoxy) is 2. The van der Waals surface area contributed by atoms with Crippen LogP contribution in [-0.4, -0.2) is 39.6 Å². The third-order valence-corrected chi connectivity index (χ3v) is 7.14. The van der Waals surface area contributed by atoms with E-state index in [4.69, 9.17) is 19.4 Å². The van der Waals surface area contributed by atoms with E-state index >= 15 is 0 Å². The van der Waals surface area contributed by atoms with E-state index in [2.05, 4.69) is 0 Å². The van der Waals surface area contributed by atoms with E-state index in [9.17, 15) is 9.00 Å². The summed E-state index contributed by atoms with van der Waals surface area (Å²) in [5.74, 6) is 0.926. The normalized spacial score (nSPS) is 15.4. The number of esters is 1. The van der Waals surface area contributed by atoms with E-state index in [0.29, 0.717) is 53.7 Å². The summed E-state index contributed by atoms with van der Waals surface area (Å²) in [6.45, 7) is 1.42. The Morgan fingerprint density at radius 2 is 1.82 bits per heavy atom. The van der Waals surface area contributed by atoms with Crippen LogP contribution in [-0.2, 0) is 28.7 Å². The van der Waals surface area contributed by atoms with Crippen molar-refractivity contribution in [1.82, 2.24) is 9.97 Å². The minimum atomic E-state index is -1.08. The van der Waals surface area contributed by atoms with Crippen LogP contribution in [0.1, 0.15) is 21.5 Å². The van der Waals surface area contributed by atoms with Gasteiger partial charge >= 0.3 is 5.97 Å². The summed E-state index contributed by atoms with van der Waals surface area (Å²) in [5, 5.41) is 0.626. The SMILES string of the molecule is COC(=O)c1ccc2nc(N3CCS(=O)c4ccccc4C3)nc(OCc3ccccc3)c2c1. The first-order valence-corrected chi connectivity index (χ1v) is 12.2. The molecular weight excluding hydrogens is 450 g/mol. The molecule has 0 saturated carbocycles. The second-order valence-corrected chi connectivity index (χ2v) is 9.44. The number of carbonyl (C=O) groups excluding carboxylic acids is 1. The Kier molecular flexibility index (Phi) is 6.22. The predicted molar refractivity (Wildman–Crippen MR) is 130 cm³/mol. The molecule has 5 rings (SSSR count). The van der Waals surface area contributed by atoms with E-state index in [1.807, 2.05) is 59.5 Å². The fourth-order valence-corrected chi connectivity index (χ4v) is 5.19. The zero-order valence-corrected chi connectivity index (χ0v) is 19.5. The molecule has 1 aliphatic heterocycles. The number of carbonyl (C=O) groups is 1. The summed E-state index contributed by atoms with van der Waals surface area (Å²) in [6, 6.07) is 22.7. The number of rotatable bonds is 5. The third kappa shape index (κ3) is 4.49. The highest BCUT2D eigenvalue weighted by Gasteiger charge is 2.23. The smallest absolute Gasteiger partial charge is 0.337 e. The molecule has 1 aromatic heterocycles. The van der Waals surface area contributed by atoms with Crippen LogP contribution in [0.4, 0.5) is 5.95 Å². The molecule has 1 atom stereocenters. The Morgan fingerprint density at radius 3 is 2.65 bits per heavy atom. The van der Waals surface area contributed by atoms with Gasteiger partial charge in [-0.1, -0.05) is 48.5 Å². The topological polar surface area (TPSA) is 81.6 Å². The lowest BCUT2D eigenvalue weighted by atomic mass is 10.1. The lowest BCUT2D eigenvalue weighted by Crippen LogP contribution is -2.27. The van der Waals surface area contributed by atoms with E-state index in [1.165, 1.54) is 7.11 Å². The first-order chi connectivity index (χ1) is 16.6. The second-order valence-electron chi connectivity index (χ2n) is 7.91. The largest absolute Gasteiger partial charge is 0.472 e. The highest BCUT2D eigenvalue weighted by Crippen LogP contribution is 2.30. The molecule has 0 amide bonds. The second kappa shape index (κ2) is 9.61. The number of aromatic nitrogens is 2. The molecule has 0 bridgehead atoms. The Labute approximate surface area is 199 Å². The number of methoxy groups -OCH3 is 1. The predicted octanol–water partition coefficient (Wildman–Crippen LogP) is 4.12. The summed E-state index contributed by atoms with van der Waals surface area (Å²) in [5.41, 5.74) is 3.04. The van der Waals surface area contributed by atoms with Gasteiger partial charge in [-0.25, -0.2) is 9.78 Å². The summed E-state index contributed by atoms with van der Waals surface area (Å²) in [7, 11) is 0.270. The van der Waals surface area contributed by atoms with Gasteiger partial charge in [-0.3, -0.25) is 4.21 Å². The van der Waals surface area contributed by atoms with Crippen molar-refractivity contribution in [1.29, 1.82) is 0 Å². The van der Waals surface area contributed by atoms with Crippen LogP contribution in [0.5, 0.6) is 5.88 Å². The maximum atomic E-state index is 12.7. The van der Waals surface area contributed by atoms with Crippen molar-refractivity contribution in [2.24, 2.45) is 0 Å². The molecular formula is C26H23N3O4S. The zero-order chi connectivity index (χ0) is 23.5. The maximum absolute atomic E-state index is 12.7. The molecule has 8 heteroatoms. The molecule has 3 aromatic carbocycles. The quantitative estimate of drug-likeness (QED) is 0.403. The molecule has 4 aromatic rings. The van der Waals surface area contributed by atoms with Crippen molar-refractivity contribution < 1.29 is 18.5 Å². The van der Waals surface area contributed by atoms with Gasteiger partial charge < -0.3 is 14.4 Å². The minimum absolute atomic E-state index is 0.321. The number of fused-ring (bicyclic) bond motifs is 2.